The van der Waals surface area contributed by atoms with E-state index in [1.54, 1.807) is 0 Å². The van der Waals surface area contributed by atoms with Gasteiger partial charge in [0.1, 0.15) is 0 Å². The summed E-state index contributed by atoms with van der Waals surface area (Å²) in [6, 6.07) is 15.7. The second kappa shape index (κ2) is 4.46. The van der Waals surface area contributed by atoms with Crippen LogP contribution in [0.25, 0.3) is 10.8 Å². The van der Waals surface area contributed by atoms with Crippen molar-refractivity contribution in [1.82, 2.24) is 0 Å². The molecule has 1 aliphatic carbocycles. The first kappa shape index (κ1) is 11.7. The lowest BCUT2D eigenvalue weighted by atomic mass is 9.98. The summed E-state index contributed by atoms with van der Waals surface area (Å²) in [5, 5.41) is 5.06. The van der Waals surface area contributed by atoms with Crippen molar-refractivity contribution in [3.8, 4) is 0 Å². The van der Waals surface area contributed by atoms with Crippen LogP contribution in [0.2, 0.25) is 0 Å². The average Bonchev–Trinajstić information content (AvgIpc) is 3.09. The zero-order valence-electron chi connectivity index (χ0n) is 10.4. The SMILES string of the molecule is BrC(c1cccs1)c1ccc2c3c(cccc13)CC2. The summed E-state index contributed by atoms with van der Waals surface area (Å²) in [6.07, 6.45) is 2.39. The number of thiophene rings is 1. The van der Waals surface area contributed by atoms with Crippen molar-refractivity contribution in [3.05, 3.63) is 69.4 Å². The Morgan fingerprint density at radius 2 is 1.79 bits per heavy atom. The summed E-state index contributed by atoms with van der Waals surface area (Å²) in [5.41, 5.74) is 4.42. The predicted molar refractivity (Wildman–Crippen MR) is 86.4 cm³/mol. The molecule has 19 heavy (non-hydrogen) atoms. The molecule has 1 unspecified atom stereocenters. The van der Waals surface area contributed by atoms with Crippen molar-refractivity contribution in [2.24, 2.45) is 0 Å². The lowest BCUT2D eigenvalue weighted by Gasteiger charge is -2.13. The summed E-state index contributed by atoms with van der Waals surface area (Å²) in [5.74, 6) is 0. The van der Waals surface area contributed by atoms with E-state index in [0.29, 0.717) is 4.83 Å². The summed E-state index contributed by atoms with van der Waals surface area (Å²) < 4.78 is 0. The first-order valence-corrected chi connectivity index (χ1v) is 8.35. The molecule has 0 saturated heterocycles. The summed E-state index contributed by atoms with van der Waals surface area (Å²) in [6.45, 7) is 0. The van der Waals surface area contributed by atoms with E-state index in [4.69, 9.17) is 0 Å². The van der Waals surface area contributed by atoms with Crippen molar-refractivity contribution < 1.29 is 0 Å². The quantitative estimate of drug-likeness (QED) is 0.546. The van der Waals surface area contributed by atoms with E-state index in [2.05, 4.69) is 63.8 Å². The molecule has 94 valence electrons. The van der Waals surface area contributed by atoms with Gasteiger partial charge in [-0.2, -0.15) is 0 Å². The number of hydrogen-bond donors (Lipinski definition) is 0. The molecule has 0 fully saturated rings. The molecule has 0 nitrogen and oxygen atoms in total. The maximum atomic E-state index is 3.87. The monoisotopic (exact) mass is 328 g/mol. The van der Waals surface area contributed by atoms with Crippen LogP contribution >= 0.6 is 27.3 Å². The van der Waals surface area contributed by atoms with Crippen LogP contribution in [0.3, 0.4) is 0 Å². The van der Waals surface area contributed by atoms with Crippen LogP contribution in [0.15, 0.2) is 47.8 Å². The maximum Gasteiger partial charge on any atom is 0.0744 e. The Morgan fingerprint density at radius 3 is 2.58 bits per heavy atom. The molecule has 2 heteroatoms. The molecule has 0 amide bonds. The van der Waals surface area contributed by atoms with Gasteiger partial charge in [-0.3, -0.25) is 0 Å². The number of benzene rings is 2. The largest absolute Gasteiger partial charge is 0.147 e. The van der Waals surface area contributed by atoms with E-state index in [1.807, 2.05) is 11.3 Å². The lowest BCUT2D eigenvalue weighted by molar-refractivity contribution is 1.02. The van der Waals surface area contributed by atoms with Crippen molar-refractivity contribution in [2.45, 2.75) is 17.7 Å². The Morgan fingerprint density at radius 1 is 0.947 bits per heavy atom. The lowest BCUT2D eigenvalue weighted by Crippen LogP contribution is -1.93. The smallest absolute Gasteiger partial charge is 0.0744 e. The highest BCUT2D eigenvalue weighted by molar-refractivity contribution is 9.09. The highest BCUT2D eigenvalue weighted by Crippen LogP contribution is 2.41. The fourth-order valence-corrected chi connectivity index (χ4v) is 4.67. The molecule has 1 aliphatic rings. The Hall–Kier alpha value is -1.12. The number of alkyl halides is 1. The van der Waals surface area contributed by atoms with Crippen LogP contribution in [0.1, 0.15) is 26.4 Å². The van der Waals surface area contributed by atoms with E-state index in [0.717, 1.165) is 0 Å². The Balaban J connectivity index is 1.97. The summed E-state index contributed by atoms with van der Waals surface area (Å²) in [4.78, 5) is 1.68. The molecule has 1 aromatic heterocycles. The van der Waals surface area contributed by atoms with Crippen molar-refractivity contribution in [1.29, 1.82) is 0 Å². The fourth-order valence-electron chi connectivity index (χ4n) is 3.08. The van der Waals surface area contributed by atoms with Gasteiger partial charge in [-0.1, -0.05) is 52.3 Å². The molecular formula is C17H13BrS. The third-order valence-corrected chi connectivity index (χ3v) is 6.20. The number of hydrogen-bond acceptors (Lipinski definition) is 1. The van der Waals surface area contributed by atoms with Gasteiger partial charge in [0.2, 0.25) is 0 Å². The molecule has 0 aliphatic heterocycles. The average molecular weight is 329 g/mol. The van der Waals surface area contributed by atoms with E-state index in [-0.39, 0.29) is 0 Å². The van der Waals surface area contributed by atoms with Crippen molar-refractivity contribution in [2.75, 3.05) is 0 Å². The molecule has 4 rings (SSSR count). The second-order valence-corrected chi connectivity index (χ2v) is 6.93. The third-order valence-electron chi connectivity index (χ3n) is 3.98. The topological polar surface area (TPSA) is 0 Å². The van der Waals surface area contributed by atoms with Gasteiger partial charge in [0.25, 0.3) is 0 Å². The maximum absolute atomic E-state index is 3.87. The van der Waals surface area contributed by atoms with Gasteiger partial charge in [-0.05, 0) is 51.8 Å². The van der Waals surface area contributed by atoms with Crippen LogP contribution in [0.4, 0.5) is 0 Å². The Labute approximate surface area is 125 Å². The third kappa shape index (κ3) is 1.78. The highest BCUT2D eigenvalue weighted by Gasteiger charge is 2.19. The minimum absolute atomic E-state index is 0.303. The Kier molecular flexibility index (Phi) is 2.75. The van der Waals surface area contributed by atoms with Gasteiger partial charge in [-0.25, -0.2) is 0 Å². The van der Waals surface area contributed by atoms with Gasteiger partial charge in [0.15, 0.2) is 0 Å². The van der Waals surface area contributed by atoms with E-state index >= 15 is 0 Å². The molecule has 3 aromatic rings. The highest BCUT2D eigenvalue weighted by atomic mass is 79.9. The van der Waals surface area contributed by atoms with Gasteiger partial charge in [0.05, 0.1) is 4.83 Å². The minimum Gasteiger partial charge on any atom is -0.147 e. The molecule has 0 saturated carbocycles. The first-order valence-electron chi connectivity index (χ1n) is 6.55. The van der Waals surface area contributed by atoms with Gasteiger partial charge in [-0.15, -0.1) is 11.3 Å². The van der Waals surface area contributed by atoms with E-state index in [9.17, 15) is 0 Å². The fraction of sp³-hybridized carbons (Fsp3) is 0.176. The zero-order chi connectivity index (χ0) is 12.8. The van der Waals surface area contributed by atoms with E-state index < -0.39 is 0 Å². The minimum atomic E-state index is 0.303. The summed E-state index contributed by atoms with van der Waals surface area (Å²) >= 11 is 5.69. The molecule has 0 radical (unpaired) electrons. The van der Waals surface area contributed by atoms with Crippen LogP contribution in [0.5, 0.6) is 0 Å². The first-order chi connectivity index (χ1) is 9.34. The van der Waals surface area contributed by atoms with Crippen LogP contribution in [-0.2, 0) is 12.8 Å². The zero-order valence-corrected chi connectivity index (χ0v) is 12.8. The van der Waals surface area contributed by atoms with Crippen molar-refractivity contribution >= 4 is 38.0 Å². The van der Waals surface area contributed by atoms with Crippen LogP contribution in [0, 0.1) is 0 Å². The van der Waals surface area contributed by atoms with Crippen molar-refractivity contribution in [3.63, 3.8) is 0 Å². The van der Waals surface area contributed by atoms with Gasteiger partial charge in [0, 0.05) is 4.88 Å². The standard InChI is InChI=1S/C17H13BrS/c18-17(15-5-2-10-19-15)14-9-8-12-7-6-11-3-1-4-13(14)16(11)12/h1-5,8-10,17H,6-7H2. The molecule has 1 heterocycles. The molecule has 0 N–H and O–H groups in total. The van der Waals surface area contributed by atoms with Gasteiger partial charge < -0.3 is 0 Å². The predicted octanol–water partition coefficient (Wildman–Crippen LogP) is 5.48. The number of aryl methyl sites for hydroxylation is 2. The molecule has 1 atom stereocenters. The number of halogens is 1. The molecule has 2 aromatic carbocycles. The van der Waals surface area contributed by atoms with Crippen LogP contribution in [-0.4, -0.2) is 0 Å². The van der Waals surface area contributed by atoms with E-state index in [1.165, 1.54) is 45.2 Å². The summed E-state index contributed by atoms with van der Waals surface area (Å²) in [7, 11) is 0. The van der Waals surface area contributed by atoms with Gasteiger partial charge >= 0.3 is 0 Å². The normalized spacial score (nSPS) is 15.0. The molecule has 0 bridgehead atoms. The van der Waals surface area contributed by atoms with Crippen LogP contribution < -0.4 is 0 Å². The molecule has 0 spiro atoms. The molecular weight excluding hydrogens is 316 g/mol. The second-order valence-electron chi connectivity index (χ2n) is 5.03. The Bertz CT molecular complexity index is 733. The number of rotatable bonds is 2.